The Kier molecular flexibility index (Phi) is 8.65. The van der Waals surface area contributed by atoms with E-state index in [4.69, 9.17) is 4.74 Å². The van der Waals surface area contributed by atoms with E-state index in [1.165, 1.54) is 0 Å². The van der Waals surface area contributed by atoms with E-state index in [2.05, 4.69) is 15.0 Å². The number of sulfonamides is 1. The molecule has 7 nitrogen and oxygen atoms in total. The molecule has 0 amide bonds. The number of aromatic nitrogens is 1. The third kappa shape index (κ3) is 7.50. The summed E-state index contributed by atoms with van der Waals surface area (Å²) < 4.78 is 33.7. The van der Waals surface area contributed by atoms with Gasteiger partial charge in [0.25, 0.3) is 0 Å². The molecule has 0 aliphatic rings. The number of nitrogens with one attached hydrogen (secondary N) is 2. The third-order valence-electron chi connectivity index (χ3n) is 5.39. The van der Waals surface area contributed by atoms with Gasteiger partial charge in [0.05, 0.1) is 22.1 Å². The second-order valence-electron chi connectivity index (χ2n) is 9.37. The largest absolute Gasteiger partial charge is 0.387 e. The summed E-state index contributed by atoms with van der Waals surface area (Å²) in [5.74, 6) is 0.617. The van der Waals surface area contributed by atoms with Crippen LogP contribution in [0.25, 0.3) is 10.9 Å². The molecule has 0 saturated carbocycles. The number of fused-ring (bicyclic) bond motifs is 1. The molecule has 34 heavy (non-hydrogen) atoms. The van der Waals surface area contributed by atoms with Crippen LogP contribution in [0.4, 0.5) is 5.82 Å². The minimum atomic E-state index is -3.60. The second kappa shape index (κ2) is 11.3. The lowest BCUT2D eigenvalue weighted by Gasteiger charge is -2.19. The molecule has 0 fully saturated rings. The highest BCUT2D eigenvalue weighted by Crippen LogP contribution is 2.21. The zero-order chi connectivity index (χ0) is 24.8. The van der Waals surface area contributed by atoms with Crippen molar-refractivity contribution < 1.29 is 18.3 Å². The van der Waals surface area contributed by atoms with Crippen molar-refractivity contribution in [2.45, 2.75) is 57.1 Å². The van der Waals surface area contributed by atoms with E-state index in [1.54, 1.807) is 24.3 Å². The van der Waals surface area contributed by atoms with Crippen molar-refractivity contribution in [1.82, 2.24) is 9.71 Å². The molecule has 0 radical (unpaired) electrons. The number of hydrogen-bond donors (Lipinski definition) is 3. The number of ether oxygens (including phenoxy) is 1. The molecule has 1 unspecified atom stereocenters. The van der Waals surface area contributed by atoms with Crippen LogP contribution in [-0.4, -0.2) is 43.8 Å². The van der Waals surface area contributed by atoms with E-state index in [-0.39, 0.29) is 10.5 Å². The van der Waals surface area contributed by atoms with Crippen molar-refractivity contribution >= 4 is 26.7 Å². The fraction of sp³-hybridized carbons (Fsp3) is 0.423. The highest BCUT2D eigenvalue weighted by atomic mass is 32.2. The molecule has 3 aromatic rings. The first-order valence-corrected chi connectivity index (χ1v) is 13.1. The maximum absolute atomic E-state index is 12.7. The van der Waals surface area contributed by atoms with Crippen LogP contribution in [0.5, 0.6) is 0 Å². The van der Waals surface area contributed by atoms with Gasteiger partial charge >= 0.3 is 0 Å². The summed E-state index contributed by atoms with van der Waals surface area (Å²) in [5.41, 5.74) is 2.40. The Morgan fingerprint density at radius 1 is 1.06 bits per heavy atom. The fourth-order valence-corrected chi connectivity index (χ4v) is 4.65. The van der Waals surface area contributed by atoms with Crippen LogP contribution in [-0.2, 0) is 14.8 Å². The molecule has 1 atom stereocenters. The number of pyridine rings is 1. The quantitative estimate of drug-likeness (QED) is 0.344. The molecule has 1 aromatic heterocycles. The zero-order valence-corrected chi connectivity index (χ0v) is 21.2. The van der Waals surface area contributed by atoms with Gasteiger partial charge < -0.3 is 15.2 Å². The molecule has 0 spiro atoms. The predicted octanol–water partition coefficient (Wildman–Crippen LogP) is 4.56. The molecule has 3 N–H and O–H groups in total. The summed E-state index contributed by atoms with van der Waals surface area (Å²) in [4.78, 5) is 4.76. The van der Waals surface area contributed by atoms with Crippen LogP contribution in [0.2, 0.25) is 0 Å². The van der Waals surface area contributed by atoms with Crippen molar-refractivity contribution in [3.8, 4) is 0 Å². The van der Waals surface area contributed by atoms with Gasteiger partial charge in [0.15, 0.2) is 0 Å². The van der Waals surface area contributed by atoms with Crippen LogP contribution < -0.4 is 10.0 Å². The maximum atomic E-state index is 12.7. The first kappa shape index (κ1) is 26.1. The van der Waals surface area contributed by atoms with Crippen molar-refractivity contribution in [2.75, 3.05) is 25.0 Å². The molecule has 184 valence electrons. The lowest BCUT2D eigenvalue weighted by Crippen LogP contribution is -2.25. The van der Waals surface area contributed by atoms with Crippen LogP contribution in [0, 0.1) is 6.92 Å². The van der Waals surface area contributed by atoms with Gasteiger partial charge in [0.1, 0.15) is 5.82 Å². The van der Waals surface area contributed by atoms with E-state index < -0.39 is 16.1 Å². The Balaban J connectivity index is 1.57. The summed E-state index contributed by atoms with van der Waals surface area (Å²) in [6.07, 6.45) is 0.834. The normalized spacial score (nSPS) is 13.2. The van der Waals surface area contributed by atoms with E-state index in [0.29, 0.717) is 37.5 Å². The second-order valence-corrected chi connectivity index (χ2v) is 11.1. The van der Waals surface area contributed by atoms with Gasteiger partial charge in [-0.05, 0) is 82.0 Å². The van der Waals surface area contributed by atoms with Crippen molar-refractivity contribution in [3.63, 3.8) is 0 Å². The Hall–Kier alpha value is -2.52. The van der Waals surface area contributed by atoms with Gasteiger partial charge in [0, 0.05) is 25.1 Å². The first-order valence-electron chi connectivity index (χ1n) is 11.6. The van der Waals surface area contributed by atoms with Gasteiger partial charge in [-0.3, -0.25) is 0 Å². The molecule has 0 saturated heterocycles. The highest BCUT2D eigenvalue weighted by Gasteiger charge is 2.15. The van der Waals surface area contributed by atoms with Gasteiger partial charge in [-0.1, -0.05) is 24.3 Å². The van der Waals surface area contributed by atoms with Gasteiger partial charge in [-0.2, -0.15) is 0 Å². The minimum absolute atomic E-state index is 0.186. The Morgan fingerprint density at radius 2 is 1.82 bits per heavy atom. The summed E-state index contributed by atoms with van der Waals surface area (Å²) in [6.45, 7) is 9.24. The predicted molar refractivity (Wildman–Crippen MR) is 136 cm³/mol. The SMILES string of the molecule is Cc1ccccc1C(O)CNc1ccc2cc(S(=O)(=O)NCCCCOC(C)(C)C)ccc2n1. The number of anilines is 1. The lowest BCUT2D eigenvalue weighted by molar-refractivity contribution is -0.00443. The average Bonchev–Trinajstić information content (AvgIpc) is 2.79. The molecule has 8 heteroatoms. The lowest BCUT2D eigenvalue weighted by atomic mass is 10.0. The molecule has 0 bridgehead atoms. The van der Waals surface area contributed by atoms with Crippen LogP contribution >= 0.6 is 0 Å². The number of benzene rings is 2. The van der Waals surface area contributed by atoms with E-state index in [1.807, 2.05) is 58.0 Å². The smallest absolute Gasteiger partial charge is 0.240 e. The Morgan fingerprint density at radius 3 is 2.56 bits per heavy atom. The van der Waals surface area contributed by atoms with Gasteiger partial charge in [-0.15, -0.1) is 0 Å². The van der Waals surface area contributed by atoms with E-state index in [0.717, 1.165) is 22.9 Å². The number of aliphatic hydroxyl groups excluding tert-OH is 1. The fourth-order valence-electron chi connectivity index (χ4n) is 3.54. The minimum Gasteiger partial charge on any atom is -0.387 e. The number of hydrogen-bond acceptors (Lipinski definition) is 6. The zero-order valence-electron chi connectivity index (χ0n) is 20.3. The number of rotatable bonds is 11. The standard InChI is InChI=1S/C26H35N3O4S/c1-19-9-5-6-10-22(19)24(30)18-27-25-14-11-20-17-21(12-13-23(20)29-25)34(31,32)28-15-7-8-16-33-26(2,3)4/h5-6,9-14,17,24,28,30H,7-8,15-16,18H2,1-4H3,(H,27,29). The van der Waals surface area contributed by atoms with Crippen molar-refractivity contribution in [2.24, 2.45) is 0 Å². The molecule has 0 aliphatic heterocycles. The van der Waals surface area contributed by atoms with Crippen molar-refractivity contribution in [3.05, 3.63) is 65.7 Å². The van der Waals surface area contributed by atoms with Gasteiger partial charge in [0.2, 0.25) is 10.0 Å². The Bertz CT molecular complexity index is 1210. The molecule has 2 aromatic carbocycles. The summed E-state index contributed by atoms with van der Waals surface area (Å²) >= 11 is 0. The molecule has 1 heterocycles. The van der Waals surface area contributed by atoms with Gasteiger partial charge in [-0.25, -0.2) is 18.1 Å². The monoisotopic (exact) mass is 485 g/mol. The molecule has 0 aliphatic carbocycles. The molecule has 3 rings (SSSR count). The topological polar surface area (TPSA) is 101 Å². The molecular weight excluding hydrogens is 450 g/mol. The average molecular weight is 486 g/mol. The van der Waals surface area contributed by atoms with E-state index in [9.17, 15) is 13.5 Å². The highest BCUT2D eigenvalue weighted by molar-refractivity contribution is 7.89. The maximum Gasteiger partial charge on any atom is 0.240 e. The number of unbranched alkanes of at least 4 members (excludes halogenated alkanes) is 1. The number of aryl methyl sites for hydroxylation is 1. The number of nitrogens with zero attached hydrogens (tertiary/aromatic N) is 1. The Labute approximate surface area is 202 Å². The van der Waals surface area contributed by atoms with Crippen molar-refractivity contribution in [1.29, 1.82) is 0 Å². The number of aliphatic hydroxyl groups is 1. The summed E-state index contributed by atoms with van der Waals surface area (Å²) in [7, 11) is -3.60. The van der Waals surface area contributed by atoms with E-state index >= 15 is 0 Å². The third-order valence-corrected chi connectivity index (χ3v) is 6.85. The summed E-state index contributed by atoms with van der Waals surface area (Å²) in [6, 6.07) is 16.2. The summed E-state index contributed by atoms with van der Waals surface area (Å²) in [5, 5.41) is 14.4. The van der Waals surface area contributed by atoms with Crippen LogP contribution in [0.3, 0.4) is 0 Å². The van der Waals surface area contributed by atoms with Crippen LogP contribution in [0.15, 0.2) is 59.5 Å². The first-order chi connectivity index (χ1) is 16.0. The van der Waals surface area contributed by atoms with Crippen LogP contribution in [0.1, 0.15) is 50.8 Å². The molecular formula is C26H35N3O4S.